The third kappa shape index (κ3) is 3.69. The number of carbonyl (C=O) groups is 1. The molecule has 7 heteroatoms. The molecule has 1 aromatic carbocycles. The van der Waals surface area contributed by atoms with E-state index in [0.717, 1.165) is 5.56 Å². The van der Waals surface area contributed by atoms with Gasteiger partial charge >= 0.3 is 0 Å². The number of phenols is 1. The lowest BCUT2D eigenvalue weighted by Gasteiger charge is -2.28. The highest BCUT2D eigenvalue weighted by Crippen LogP contribution is 2.20. The molecule has 0 spiro atoms. The van der Waals surface area contributed by atoms with Crippen LogP contribution in [0.3, 0.4) is 0 Å². The average Bonchev–Trinajstić information content (AvgIpc) is 3.06. The van der Waals surface area contributed by atoms with Gasteiger partial charge in [0, 0.05) is 5.56 Å². The van der Waals surface area contributed by atoms with Gasteiger partial charge in [0.2, 0.25) is 0 Å². The van der Waals surface area contributed by atoms with Crippen LogP contribution in [0.4, 0.5) is 0 Å². The number of nitrogens with one attached hydrogen (secondary N) is 2. The number of aromatic amines is 1. The van der Waals surface area contributed by atoms with E-state index in [1.165, 1.54) is 0 Å². The Morgan fingerprint density at radius 2 is 2.17 bits per heavy atom. The first-order chi connectivity index (χ1) is 11.1. The summed E-state index contributed by atoms with van der Waals surface area (Å²) >= 11 is 0. The van der Waals surface area contributed by atoms with Crippen LogP contribution in [0.2, 0.25) is 0 Å². The lowest BCUT2D eigenvalue weighted by atomic mass is 10.1. The molecule has 1 saturated heterocycles. The summed E-state index contributed by atoms with van der Waals surface area (Å²) in [6.07, 6.45) is -0.146. The number of ether oxygens (including phenoxy) is 2. The summed E-state index contributed by atoms with van der Waals surface area (Å²) in [6, 6.07) is 8.14. The maximum absolute atomic E-state index is 12.3. The number of phenolic OH excluding ortho intramolecular Hbond substituents is 1. The van der Waals surface area contributed by atoms with Crippen molar-refractivity contribution in [3.05, 3.63) is 36.0 Å². The molecule has 0 bridgehead atoms. The molecule has 3 N–H and O–H groups in total. The van der Waals surface area contributed by atoms with Gasteiger partial charge in [0.25, 0.3) is 5.91 Å². The van der Waals surface area contributed by atoms with Crippen LogP contribution in [0, 0.1) is 0 Å². The van der Waals surface area contributed by atoms with Gasteiger partial charge < -0.3 is 19.9 Å². The van der Waals surface area contributed by atoms with Crippen molar-refractivity contribution < 1.29 is 19.4 Å². The molecule has 2 unspecified atom stereocenters. The lowest BCUT2D eigenvalue weighted by molar-refractivity contribution is -0.0979. The maximum atomic E-state index is 12.3. The fourth-order valence-electron chi connectivity index (χ4n) is 2.39. The van der Waals surface area contributed by atoms with E-state index in [2.05, 4.69) is 15.5 Å². The van der Waals surface area contributed by atoms with Gasteiger partial charge in [-0.15, -0.1) is 0 Å². The fraction of sp³-hybridized carbons (Fsp3) is 0.375. The number of hydrogen-bond acceptors (Lipinski definition) is 5. The predicted molar refractivity (Wildman–Crippen MR) is 83.2 cm³/mol. The number of rotatable bonds is 4. The Bertz CT molecular complexity index is 662. The first-order valence-electron chi connectivity index (χ1n) is 7.48. The van der Waals surface area contributed by atoms with Crippen LogP contribution in [0.15, 0.2) is 30.3 Å². The third-order valence-electron chi connectivity index (χ3n) is 3.74. The molecule has 2 heterocycles. The van der Waals surface area contributed by atoms with Gasteiger partial charge in [-0.25, -0.2) is 0 Å². The van der Waals surface area contributed by atoms with Crippen molar-refractivity contribution >= 4 is 5.91 Å². The Labute approximate surface area is 133 Å². The van der Waals surface area contributed by atoms with Crippen LogP contribution in [-0.2, 0) is 9.47 Å². The number of nitrogens with zero attached hydrogens (tertiary/aromatic N) is 1. The highest BCUT2D eigenvalue weighted by atomic mass is 16.6. The molecule has 0 aliphatic carbocycles. The summed E-state index contributed by atoms with van der Waals surface area (Å²) in [5.74, 6) is -0.0602. The van der Waals surface area contributed by atoms with Crippen molar-refractivity contribution in [1.82, 2.24) is 15.5 Å². The van der Waals surface area contributed by atoms with E-state index in [1.807, 2.05) is 6.92 Å². The smallest absolute Gasteiger partial charge is 0.269 e. The van der Waals surface area contributed by atoms with E-state index >= 15 is 0 Å². The number of carbonyl (C=O) groups excluding carboxylic acids is 1. The Balaban J connectivity index is 1.65. The van der Waals surface area contributed by atoms with Gasteiger partial charge in [0.1, 0.15) is 17.5 Å². The molecule has 1 aromatic heterocycles. The van der Waals surface area contributed by atoms with Crippen LogP contribution in [0.5, 0.6) is 5.75 Å². The van der Waals surface area contributed by atoms with Crippen molar-refractivity contribution in [3.8, 4) is 17.0 Å². The second-order valence-corrected chi connectivity index (χ2v) is 5.46. The Kier molecular flexibility index (Phi) is 4.59. The van der Waals surface area contributed by atoms with Crippen molar-refractivity contribution in [2.24, 2.45) is 0 Å². The standard InChI is InChI=1S/C16H19N3O4/c1-10(15-9-22-6-7-23-15)17-16(21)14-8-13(18-19-14)11-2-4-12(20)5-3-11/h2-5,8,10,15,20H,6-7,9H2,1H3,(H,17,21)(H,18,19). The Hall–Kier alpha value is -2.38. The number of aromatic hydroxyl groups is 1. The Morgan fingerprint density at radius 1 is 1.39 bits per heavy atom. The van der Waals surface area contributed by atoms with Crippen molar-refractivity contribution in [1.29, 1.82) is 0 Å². The zero-order valence-corrected chi connectivity index (χ0v) is 12.8. The highest BCUT2D eigenvalue weighted by molar-refractivity contribution is 5.93. The number of hydrogen-bond donors (Lipinski definition) is 3. The Morgan fingerprint density at radius 3 is 2.87 bits per heavy atom. The summed E-state index contributed by atoms with van der Waals surface area (Å²) in [5.41, 5.74) is 1.83. The molecule has 1 aliphatic rings. The van der Waals surface area contributed by atoms with Crippen LogP contribution in [-0.4, -0.2) is 53.2 Å². The normalized spacial score (nSPS) is 19.3. The van der Waals surface area contributed by atoms with Crippen molar-refractivity contribution in [2.45, 2.75) is 19.1 Å². The molecular formula is C16H19N3O4. The number of aromatic nitrogens is 2. The largest absolute Gasteiger partial charge is 0.508 e. The molecule has 2 aromatic rings. The zero-order valence-electron chi connectivity index (χ0n) is 12.8. The van der Waals surface area contributed by atoms with E-state index in [0.29, 0.717) is 31.2 Å². The summed E-state index contributed by atoms with van der Waals surface area (Å²) in [6.45, 7) is 3.49. The minimum absolute atomic E-state index is 0.146. The van der Waals surface area contributed by atoms with Gasteiger partial charge in [-0.05, 0) is 37.3 Å². The summed E-state index contributed by atoms with van der Waals surface area (Å²) in [5, 5.41) is 19.1. The summed E-state index contributed by atoms with van der Waals surface area (Å²) in [4.78, 5) is 12.3. The maximum Gasteiger partial charge on any atom is 0.269 e. The third-order valence-corrected chi connectivity index (χ3v) is 3.74. The minimum atomic E-state index is -0.246. The van der Waals surface area contributed by atoms with Crippen LogP contribution < -0.4 is 5.32 Å². The summed E-state index contributed by atoms with van der Waals surface area (Å²) in [7, 11) is 0. The van der Waals surface area contributed by atoms with Gasteiger partial charge in [-0.2, -0.15) is 5.10 Å². The second-order valence-electron chi connectivity index (χ2n) is 5.46. The van der Waals surface area contributed by atoms with Gasteiger partial charge in [0.15, 0.2) is 0 Å². The highest BCUT2D eigenvalue weighted by Gasteiger charge is 2.24. The van der Waals surface area contributed by atoms with E-state index < -0.39 is 0 Å². The van der Waals surface area contributed by atoms with E-state index in [-0.39, 0.29) is 23.8 Å². The zero-order chi connectivity index (χ0) is 16.2. The van der Waals surface area contributed by atoms with E-state index in [4.69, 9.17) is 9.47 Å². The molecule has 0 saturated carbocycles. The van der Waals surface area contributed by atoms with Crippen LogP contribution >= 0.6 is 0 Å². The molecule has 3 rings (SSSR count). The molecule has 23 heavy (non-hydrogen) atoms. The topological polar surface area (TPSA) is 96.5 Å². The number of H-pyrrole nitrogens is 1. The first kappa shape index (κ1) is 15.5. The minimum Gasteiger partial charge on any atom is -0.508 e. The number of benzene rings is 1. The van der Waals surface area contributed by atoms with E-state index in [9.17, 15) is 9.90 Å². The molecule has 7 nitrogen and oxygen atoms in total. The van der Waals surface area contributed by atoms with Crippen LogP contribution in [0.25, 0.3) is 11.3 Å². The molecule has 1 amide bonds. The van der Waals surface area contributed by atoms with Crippen molar-refractivity contribution in [2.75, 3.05) is 19.8 Å². The average molecular weight is 317 g/mol. The fourth-order valence-corrected chi connectivity index (χ4v) is 2.39. The molecule has 0 radical (unpaired) electrons. The van der Waals surface area contributed by atoms with Crippen LogP contribution in [0.1, 0.15) is 17.4 Å². The molecule has 1 aliphatic heterocycles. The molecule has 2 atom stereocenters. The molecule has 1 fully saturated rings. The van der Waals surface area contributed by atoms with Crippen molar-refractivity contribution in [3.63, 3.8) is 0 Å². The lowest BCUT2D eigenvalue weighted by Crippen LogP contribution is -2.47. The van der Waals surface area contributed by atoms with Gasteiger partial charge in [0.05, 0.1) is 31.6 Å². The van der Waals surface area contributed by atoms with Gasteiger partial charge in [-0.1, -0.05) is 0 Å². The SMILES string of the molecule is CC(NC(=O)c1cc(-c2ccc(O)cc2)n[nH]1)C1COCCO1. The van der Waals surface area contributed by atoms with Gasteiger partial charge in [-0.3, -0.25) is 9.89 Å². The molecular weight excluding hydrogens is 298 g/mol. The monoisotopic (exact) mass is 317 g/mol. The van der Waals surface area contributed by atoms with E-state index in [1.54, 1.807) is 30.3 Å². The summed E-state index contributed by atoms with van der Waals surface area (Å²) < 4.78 is 10.9. The first-order valence-corrected chi connectivity index (χ1v) is 7.48. The molecule has 122 valence electrons. The number of amides is 1. The predicted octanol–water partition coefficient (Wildman–Crippen LogP) is 1.32. The second kappa shape index (κ2) is 6.80. The quantitative estimate of drug-likeness (QED) is 0.790.